The van der Waals surface area contributed by atoms with Crippen molar-refractivity contribution in [2.45, 2.75) is 23.8 Å². The Morgan fingerprint density at radius 1 is 1.07 bits per heavy atom. The number of hydrogen-bond acceptors (Lipinski definition) is 4. The number of benzene rings is 2. The van der Waals surface area contributed by atoms with Gasteiger partial charge in [-0.05, 0) is 43.4 Å². The summed E-state index contributed by atoms with van der Waals surface area (Å²) in [5.74, 6) is 0. The van der Waals surface area contributed by atoms with Crippen molar-refractivity contribution < 1.29 is 4.79 Å². The average molecular weight is 394 g/mol. The molecule has 3 aromatic rings. The molecule has 1 fully saturated rings. The van der Waals surface area contributed by atoms with Crippen molar-refractivity contribution in [3.8, 4) is 11.3 Å². The van der Waals surface area contributed by atoms with Crippen LogP contribution in [0.2, 0.25) is 0 Å². The maximum Gasteiger partial charge on any atom is 0.321 e. The fraction of sp³-hybridized carbons (Fsp3) is 0.286. The first kappa shape index (κ1) is 18.6. The van der Waals surface area contributed by atoms with E-state index in [2.05, 4.69) is 15.6 Å². The number of aromatic nitrogens is 3. The molecule has 1 aromatic heterocycles. The van der Waals surface area contributed by atoms with Gasteiger partial charge in [-0.15, -0.1) is 16.9 Å². The van der Waals surface area contributed by atoms with Crippen molar-refractivity contribution in [3.63, 3.8) is 0 Å². The molecule has 144 valence electrons. The van der Waals surface area contributed by atoms with Crippen molar-refractivity contribution in [1.82, 2.24) is 19.9 Å². The summed E-state index contributed by atoms with van der Waals surface area (Å²) < 4.78 is 1.94. The van der Waals surface area contributed by atoms with Crippen LogP contribution in [0.25, 0.3) is 11.3 Å². The Morgan fingerprint density at radius 2 is 1.79 bits per heavy atom. The van der Waals surface area contributed by atoms with E-state index in [0.29, 0.717) is 13.1 Å². The highest BCUT2D eigenvalue weighted by molar-refractivity contribution is 7.98. The van der Waals surface area contributed by atoms with E-state index in [1.54, 1.807) is 11.8 Å². The number of urea groups is 1. The highest BCUT2D eigenvalue weighted by atomic mass is 32.2. The van der Waals surface area contributed by atoms with Gasteiger partial charge in [0.2, 0.25) is 0 Å². The normalized spacial score (nSPS) is 14.8. The predicted octanol–water partition coefficient (Wildman–Crippen LogP) is 4.54. The maximum absolute atomic E-state index is 12.5. The van der Waals surface area contributed by atoms with Gasteiger partial charge in [-0.2, -0.15) is 0 Å². The standard InChI is InChI=1S/C21H23N5OS/c1-28-19-9-7-17(8-10-19)22-21(27)25-13-11-18(12-14-25)26-15-20(23-24-26)16-5-3-2-4-6-16/h2-10,15,18H,11-14H2,1H3,(H,22,27). The van der Waals surface area contributed by atoms with Gasteiger partial charge in [0.05, 0.1) is 12.2 Å². The first-order valence-corrected chi connectivity index (χ1v) is 10.6. The van der Waals surface area contributed by atoms with Crippen LogP contribution in [0.5, 0.6) is 0 Å². The SMILES string of the molecule is CSc1ccc(NC(=O)N2CCC(n3cc(-c4ccccc4)nn3)CC2)cc1. The molecule has 0 saturated carbocycles. The van der Waals surface area contributed by atoms with Crippen molar-refractivity contribution in [3.05, 3.63) is 60.8 Å². The smallest absolute Gasteiger partial charge is 0.321 e. The number of nitrogens with zero attached hydrogens (tertiary/aromatic N) is 4. The summed E-state index contributed by atoms with van der Waals surface area (Å²) in [5, 5.41) is 11.6. The number of hydrogen-bond donors (Lipinski definition) is 1. The van der Waals surface area contributed by atoms with Gasteiger partial charge >= 0.3 is 6.03 Å². The Balaban J connectivity index is 1.33. The lowest BCUT2D eigenvalue weighted by Crippen LogP contribution is -2.41. The van der Waals surface area contributed by atoms with Crippen LogP contribution in [0.3, 0.4) is 0 Å². The number of likely N-dealkylation sites (tertiary alicyclic amines) is 1. The Morgan fingerprint density at radius 3 is 2.46 bits per heavy atom. The fourth-order valence-electron chi connectivity index (χ4n) is 3.41. The van der Waals surface area contributed by atoms with Crippen LogP contribution in [0.15, 0.2) is 65.7 Å². The Bertz CT molecular complexity index is 917. The third-order valence-corrected chi connectivity index (χ3v) is 5.79. The van der Waals surface area contributed by atoms with Crippen LogP contribution in [0.1, 0.15) is 18.9 Å². The monoisotopic (exact) mass is 393 g/mol. The van der Waals surface area contributed by atoms with Gasteiger partial charge in [0.1, 0.15) is 5.69 Å². The molecule has 0 bridgehead atoms. The molecule has 0 spiro atoms. The lowest BCUT2D eigenvalue weighted by atomic mass is 10.1. The minimum Gasteiger partial charge on any atom is -0.324 e. The Kier molecular flexibility index (Phi) is 5.62. The summed E-state index contributed by atoms with van der Waals surface area (Å²) in [4.78, 5) is 15.6. The van der Waals surface area contributed by atoms with Crippen LogP contribution in [0.4, 0.5) is 10.5 Å². The second kappa shape index (κ2) is 8.48. The maximum atomic E-state index is 12.5. The average Bonchev–Trinajstić information content (AvgIpc) is 3.25. The van der Waals surface area contributed by atoms with E-state index in [0.717, 1.165) is 29.8 Å². The van der Waals surface area contributed by atoms with Crippen LogP contribution in [0, 0.1) is 0 Å². The number of carbonyl (C=O) groups excluding carboxylic acids is 1. The van der Waals surface area contributed by atoms with E-state index in [-0.39, 0.29) is 12.1 Å². The summed E-state index contributed by atoms with van der Waals surface area (Å²) in [6, 6.07) is 18.2. The van der Waals surface area contributed by atoms with Crippen LogP contribution in [-0.4, -0.2) is 45.3 Å². The summed E-state index contributed by atoms with van der Waals surface area (Å²) in [6.07, 6.45) is 5.78. The topological polar surface area (TPSA) is 63.1 Å². The third-order valence-electron chi connectivity index (χ3n) is 5.05. The largest absolute Gasteiger partial charge is 0.324 e. The molecule has 0 atom stereocenters. The highest BCUT2D eigenvalue weighted by Gasteiger charge is 2.25. The fourth-order valence-corrected chi connectivity index (χ4v) is 3.81. The number of nitrogens with one attached hydrogen (secondary N) is 1. The summed E-state index contributed by atoms with van der Waals surface area (Å²) in [5.41, 5.74) is 2.78. The zero-order valence-corrected chi connectivity index (χ0v) is 16.6. The zero-order valence-electron chi connectivity index (χ0n) is 15.8. The molecular formula is C21H23N5OS. The first-order valence-electron chi connectivity index (χ1n) is 9.40. The Hall–Kier alpha value is -2.80. The predicted molar refractivity (Wildman–Crippen MR) is 113 cm³/mol. The molecule has 0 aliphatic carbocycles. The molecule has 0 radical (unpaired) electrons. The van der Waals surface area contributed by atoms with Crippen LogP contribution >= 0.6 is 11.8 Å². The van der Waals surface area contributed by atoms with Gasteiger partial charge in [0.15, 0.2) is 0 Å². The third kappa shape index (κ3) is 4.20. The number of anilines is 1. The zero-order chi connectivity index (χ0) is 19.3. The van der Waals surface area contributed by atoms with Crippen molar-refractivity contribution in [1.29, 1.82) is 0 Å². The second-order valence-corrected chi connectivity index (χ2v) is 7.71. The Labute approximate surface area is 168 Å². The first-order chi connectivity index (χ1) is 13.7. The minimum atomic E-state index is -0.0427. The molecule has 6 nitrogen and oxygen atoms in total. The second-order valence-electron chi connectivity index (χ2n) is 6.83. The van der Waals surface area contributed by atoms with Gasteiger partial charge in [-0.25, -0.2) is 9.48 Å². The van der Waals surface area contributed by atoms with Gasteiger partial charge in [-0.3, -0.25) is 0 Å². The highest BCUT2D eigenvalue weighted by Crippen LogP contribution is 2.25. The van der Waals surface area contributed by atoms with E-state index in [4.69, 9.17) is 0 Å². The number of rotatable bonds is 4. The molecule has 2 amide bonds. The van der Waals surface area contributed by atoms with E-state index in [1.807, 2.05) is 76.6 Å². The van der Waals surface area contributed by atoms with E-state index < -0.39 is 0 Å². The molecule has 1 aliphatic heterocycles. The molecule has 2 aromatic carbocycles. The van der Waals surface area contributed by atoms with E-state index in [9.17, 15) is 4.79 Å². The number of amides is 2. The number of carbonyl (C=O) groups is 1. The van der Waals surface area contributed by atoms with Gasteiger partial charge in [0.25, 0.3) is 0 Å². The minimum absolute atomic E-state index is 0.0427. The molecule has 0 unspecified atom stereocenters. The van der Waals surface area contributed by atoms with E-state index >= 15 is 0 Å². The van der Waals surface area contributed by atoms with Crippen LogP contribution < -0.4 is 5.32 Å². The van der Waals surface area contributed by atoms with Crippen molar-refractivity contribution in [2.24, 2.45) is 0 Å². The lowest BCUT2D eigenvalue weighted by molar-refractivity contribution is 0.179. The summed E-state index contributed by atoms with van der Waals surface area (Å²) in [7, 11) is 0. The van der Waals surface area contributed by atoms with Gasteiger partial charge in [-0.1, -0.05) is 35.5 Å². The van der Waals surface area contributed by atoms with E-state index in [1.165, 1.54) is 4.90 Å². The molecule has 4 rings (SSSR count). The molecule has 28 heavy (non-hydrogen) atoms. The summed E-state index contributed by atoms with van der Waals surface area (Å²) in [6.45, 7) is 1.42. The number of thioether (sulfide) groups is 1. The van der Waals surface area contributed by atoms with Crippen molar-refractivity contribution >= 4 is 23.5 Å². The van der Waals surface area contributed by atoms with Crippen molar-refractivity contribution in [2.75, 3.05) is 24.7 Å². The quantitative estimate of drug-likeness (QED) is 0.661. The van der Waals surface area contributed by atoms with Gasteiger partial charge < -0.3 is 10.2 Å². The van der Waals surface area contributed by atoms with Crippen LogP contribution in [-0.2, 0) is 0 Å². The molecular weight excluding hydrogens is 370 g/mol. The molecule has 7 heteroatoms. The molecule has 1 N–H and O–H groups in total. The summed E-state index contributed by atoms with van der Waals surface area (Å²) >= 11 is 1.69. The molecule has 2 heterocycles. The number of piperidine rings is 1. The molecule has 1 saturated heterocycles. The van der Waals surface area contributed by atoms with Gasteiger partial charge in [0, 0.05) is 29.2 Å². The lowest BCUT2D eigenvalue weighted by Gasteiger charge is -2.31. The molecule has 1 aliphatic rings.